The van der Waals surface area contributed by atoms with Gasteiger partial charge in [-0.1, -0.05) is 35.4 Å². The predicted molar refractivity (Wildman–Crippen MR) is 55.6 cm³/mol. The molecule has 0 saturated carbocycles. The molecule has 70 valence electrons. The summed E-state index contributed by atoms with van der Waals surface area (Å²) in [5, 5.41) is 9.72. The van der Waals surface area contributed by atoms with Crippen molar-refractivity contribution >= 4 is 0 Å². The molecule has 0 bridgehead atoms. The lowest BCUT2D eigenvalue weighted by molar-refractivity contribution is 0.178. The molecule has 0 aliphatic rings. The Balaban J connectivity index is 2.71. The molecular formula is C12H16O. The molecule has 1 aromatic carbocycles. The molecule has 1 nitrogen and oxygen atoms in total. The lowest BCUT2D eigenvalue weighted by Gasteiger charge is -2.10. The minimum absolute atomic E-state index is 0.405. The van der Waals surface area contributed by atoms with Gasteiger partial charge in [-0.3, -0.25) is 0 Å². The van der Waals surface area contributed by atoms with E-state index >= 15 is 0 Å². The van der Waals surface area contributed by atoms with Gasteiger partial charge in [0.1, 0.15) is 0 Å². The van der Waals surface area contributed by atoms with Crippen LogP contribution in [0, 0.1) is 6.92 Å². The van der Waals surface area contributed by atoms with Gasteiger partial charge in [0.25, 0.3) is 0 Å². The molecule has 0 heterocycles. The number of hydrogen-bond acceptors (Lipinski definition) is 1. The summed E-state index contributed by atoms with van der Waals surface area (Å²) in [6.45, 7) is 7.74. The fourth-order valence-corrected chi connectivity index (χ4v) is 1.24. The topological polar surface area (TPSA) is 20.2 Å². The van der Waals surface area contributed by atoms with Crippen molar-refractivity contribution < 1.29 is 5.11 Å². The molecule has 0 aromatic heterocycles. The highest BCUT2D eigenvalue weighted by molar-refractivity contribution is 5.23. The largest absolute Gasteiger partial charge is 0.388 e. The summed E-state index contributed by atoms with van der Waals surface area (Å²) in [5.74, 6) is 0. The average Bonchev–Trinajstić information content (AvgIpc) is 2.04. The molecule has 0 amide bonds. The van der Waals surface area contributed by atoms with E-state index in [-0.39, 0.29) is 0 Å². The Morgan fingerprint density at radius 3 is 2.38 bits per heavy atom. The zero-order valence-corrected chi connectivity index (χ0v) is 8.25. The van der Waals surface area contributed by atoms with Crippen LogP contribution in [0.5, 0.6) is 0 Å². The van der Waals surface area contributed by atoms with E-state index in [1.807, 2.05) is 38.1 Å². The second-order valence-electron chi connectivity index (χ2n) is 3.59. The van der Waals surface area contributed by atoms with E-state index in [2.05, 4.69) is 6.58 Å². The summed E-state index contributed by atoms with van der Waals surface area (Å²) in [6.07, 6.45) is 0.237. The lowest BCUT2D eigenvalue weighted by atomic mass is 10.0. The molecule has 1 rings (SSSR count). The highest BCUT2D eigenvalue weighted by atomic mass is 16.3. The summed E-state index contributed by atoms with van der Waals surface area (Å²) in [7, 11) is 0. The summed E-state index contributed by atoms with van der Waals surface area (Å²) < 4.78 is 0. The van der Waals surface area contributed by atoms with Gasteiger partial charge in [0.05, 0.1) is 6.10 Å². The Kier molecular flexibility index (Phi) is 3.26. The maximum atomic E-state index is 9.72. The van der Waals surface area contributed by atoms with Crippen molar-refractivity contribution in [1.29, 1.82) is 0 Å². The number of hydrogen-bond donors (Lipinski definition) is 1. The van der Waals surface area contributed by atoms with Crippen LogP contribution in [-0.4, -0.2) is 5.11 Å². The summed E-state index contributed by atoms with van der Waals surface area (Å²) in [6, 6.07) is 7.94. The molecule has 1 unspecified atom stereocenters. The van der Waals surface area contributed by atoms with Crippen LogP contribution in [0.15, 0.2) is 36.4 Å². The van der Waals surface area contributed by atoms with Crippen LogP contribution in [-0.2, 0) is 0 Å². The Labute approximate surface area is 79.7 Å². The van der Waals surface area contributed by atoms with Gasteiger partial charge in [-0.05, 0) is 25.8 Å². The van der Waals surface area contributed by atoms with Crippen LogP contribution in [0.4, 0.5) is 0 Å². The number of rotatable bonds is 3. The fourth-order valence-electron chi connectivity index (χ4n) is 1.24. The summed E-state index contributed by atoms with van der Waals surface area (Å²) in [5.41, 5.74) is 3.19. The van der Waals surface area contributed by atoms with Gasteiger partial charge in [-0.15, -0.1) is 6.58 Å². The maximum absolute atomic E-state index is 9.72. The van der Waals surface area contributed by atoms with E-state index < -0.39 is 6.10 Å². The van der Waals surface area contributed by atoms with Gasteiger partial charge in [0.15, 0.2) is 0 Å². The molecule has 0 aliphatic heterocycles. The molecule has 0 saturated heterocycles. The third-order valence-electron chi connectivity index (χ3n) is 2.00. The Morgan fingerprint density at radius 2 is 1.92 bits per heavy atom. The van der Waals surface area contributed by atoms with Crippen molar-refractivity contribution in [3.63, 3.8) is 0 Å². The second-order valence-corrected chi connectivity index (χ2v) is 3.59. The van der Waals surface area contributed by atoms with E-state index in [1.54, 1.807) is 0 Å². The SMILES string of the molecule is C=C(C)CC(O)c1ccc(C)cc1. The quantitative estimate of drug-likeness (QED) is 0.702. The molecule has 0 aliphatic carbocycles. The first-order valence-corrected chi connectivity index (χ1v) is 4.48. The van der Waals surface area contributed by atoms with Crippen LogP contribution in [0.2, 0.25) is 0 Å². The Bertz CT molecular complexity index is 284. The molecule has 13 heavy (non-hydrogen) atoms. The second kappa shape index (κ2) is 4.24. The zero-order valence-electron chi connectivity index (χ0n) is 8.25. The van der Waals surface area contributed by atoms with E-state index in [0.717, 1.165) is 11.1 Å². The molecule has 0 spiro atoms. The van der Waals surface area contributed by atoms with E-state index in [1.165, 1.54) is 5.56 Å². The van der Waals surface area contributed by atoms with Gasteiger partial charge in [0, 0.05) is 0 Å². The van der Waals surface area contributed by atoms with E-state index in [9.17, 15) is 5.11 Å². The number of benzene rings is 1. The summed E-state index contributed by atoms with van der Waals surface area (Å²) in [4.78, 5) is 0. The standard InChI is InChI=1S/C12H16O/c1-9(2)8-12(13)11-6-4-10(3)5-7-11/h4-7,12-13H,1,8H2,2-3H3. The van der Waals surface area contributed by atoms with Crippen molar-refractivity contribution in [2.75, 3.05) is 0 Å². The number of aliphatic hydroxyl groups excluding tert-OH is 1. The average molecular weight is 176 g/mol. The maximum Gasteiger partial charge on any atom is 0.0826 e. The Hall–Kier alpha value is -1.08. The highest BCUT2D eigenvalue weighted by Crippen LogP contribution is 2.19. The number of aryl methyl sites for hydroxylation is 1. The third kappa shape index (κ3) is 3.03. The minimum Gasteiger partial charge on any atom is -0.388 e. The zero-order chi connectivity index (χ0) is 9.84. The first-order valence-electron chi connectivity index (χ1n) is 4.48. The van der Waals surface area contributed by atoms with Crippen molar-refractivity contribution in [2.24, 2.45) is 0 Å². The van der Waals surface area contributed by atoms with Gasteiger partial charge >= 0.3 is 0 Å². The van der Waals surface area contributed by atoms with Crippen LogP contribution in [0.25, 0.3) is 0 Å². The van der Waals surface area contributed by atoms with E-state index in [4.69, 9.17) is 0 Å². The first kappa shape index (κ1) is 10.0. The van der Waals surface area contributed by atoms with Gasteiger partial charge in [-0.2, -0.15) is 0 Å². The first-order chi connectivity index (χ1) is 6.09. The van der Waals surface area contributed by atoms with Crippen molar-refractivity contribution in [3.8, 4) is 0 Å². The van der Waals surface area contributed by atoms with Crippen molar-refractivity contribution in [2.45, 2.75) is 26.4 Å². The van der Waals surface area contributed by atoms with Crippen molar-refractivity contribution in [1.82, 2.24) is 0 Å². The predicted octanol–water partition coefficient (Wildman–Crippen LogP) is 2.99. The van der Waals surface area contributed by atoms with Crippen LogP contribution in [0.3, 0.4) is 0 Å². The van der Waals surface area contributed by atoms with Crippen LogP contribution >= 0.6 is 0 Å². The smallest absolute Gasteiger partial charge is 0.0826 e. The molecule has 0 radical (unpaired) electrons. The summed E-state index contributed by atoms with van der Waals surface area (Å²) >= 11 is 0. The lowest BCUT2D eigenvalue weighted by Crippen LogP contribution is -1.97. The molecule has 1 heteroatoms. The molecule has 1 atom stereocenters. The van der Waals surface area contributed by atoms with Crippen LogP contribution in [0.1, 0.15) is 30.6 Å². The normalized spacial score (nSPS) is 12.5. The Morgan fingerprint density at radius 1 is 1.38 bits per heavy atom. The fraction of sp³-hybridized carbons (Fsp3) is 0.333. The van der Waals surface area contributed by atoms with E-state index in [0.29, 0.717) is 6.42 Å². The minimum atomic E-state index is -0.405. The van der Waals surface area contributed by atoms with Crippen LogP contribution < -0.4 is 0 Å². The van der Waals surface area contributed by atoms with Gasteiger partial charge < -0.3 is 5.11 Å². The molecule has 1 aromatic rings. The van der Waals surface area contributed by atoms with Gasteiger partial charge in [0.2, 0.25) is 0 Å². The molecular weight excluding hydrogens is 160 g/mol. The van der Waals surface area contributed by atoms with Gasteiger partial charge in [-0.25, -0.2) is 0 Å². The third-order valence-corrected chi connectivity index (χ3v) is 2.00. The number of aliphatic hydroxyl groups is 1. The highest BCUT2D eigenvalue weighted by Gasteiger charge is 2.06. The molecule has 1 N–H and O–H groups in total. The molecule has 0 fully saturated rings. The monoisotopic (exact) mass is 176 g/mol. The van der Waals surface area contributed by atoms with Crippen molar-refractivity contribution in [3.05, 3.63) is 47.5 Å².